The minimum absolute atomic E-state index is 0. The number of rotatable bonds is 8. The molecule has 2 aromatic rings. The molecule has 0 aliphatic rings. The number of aliphatic carboxylic acids is 1. The van der Waals surface area contributed by atoms with Gasteiger partial charge < -0.3 is 20.4 Å². The van der Waals surface area contributed by atoms with E-state index in [9.17, 15) is 14.4 Å². The van der Waals surface area contributed by atoms with Crippen molar-refractivity contribution >= 4 is 34.3 Å². The summed E-state index contributed by atoms with van der Waals surface area (Å²) in [5, 5.41) is 14.6. The zero-order chi connectivity index (χ0) is 18.9. The van der Waals surface area contributed by atoms with E-state index in [-0.39, 0.29) is 50.5 Å². The molecule has 136 valence electrons. The zero-order valence-corrected chi connectivity index (χ0v) is 15.3. The number of benzene rings is 2. The first kappa shape index (κ1) is 22.4. The number of Topliss-reactive ketones (excluding diaryl/α,β-unsaturated/α-hetero) is 1. The summed E-state index contributed by atoms with van der Waals surface area (Å²) < 4.78 is 4.71. The molecule has 8 heteroatoms. The monoisotopic (exact) mass is 362 g/mol. The Bertz CT molecular complexity index is 851. The summed E-state index contributed by atoms with van der Waals surface area (Å²) >= 11 is 0. The number of nitrogens with zero attached hydrogens (tertiary/aromatic N) is 2. The van der Waals surface area contributed by atoms with Crippen molar-refractivity contribution in [3.63, 3.8) is 0 Å². The number of amides is 1. The van der Waals surface area contributed by atoms with Crippen LogP contribution in [0.5, 0.6) is 0 Å². The first-order valence-electron chi connectivity index (χ1n) is 8.16. The van der Waals surface area contributed by atoms with E-state index in [4.69, 9.17) is 9.84 Å². The van der Waals surface area contributed by atoms with Crippen LogP contribution in [0.4, 0.5) is 4.79 Å². The Labute approximate surface area is 169 Å². The van der Waals surface area contributed by atoms with Crippen LogP contribution < -0.4 is 18.9 Å². The fourth-order valence-corrected chi connectivity index (χ4v) is 2.34. The summed E-state index contributed by atoms with van der Waals surface area (Å²) in [6.07, 6.45) is -1.32. The molecule has 0 radical (unpaired) electrons. The molecule has 27 heavy (non-hydrogen) atoms. The van der Waals surface area contributed by atoms with E-state index in [0.29, 0.717) is 11.3 Å². The SMILES string of the molecule is CCOC(=O)[N-]/N=C(\CC(=O)CCC(=O)O)c1ccc2ccccc2c1.[Li+]. The minimum atomic E-state index is -1.04. The van der Waals surface area contributed by atoms with Gasteiger partial charge in [0.05, 0.1) is 13.0 Å². The number of carbonyl (C=O) groups is 3. The summed E-state index contributed by atoms with van der Waals surface area (Å²) in [5.41, 5.74) is 4.41. The van der Waals surface area contributed by atoms with Crippen LogP contribution in [0.2, 0.25) is 0 Å². The molecule has 0 aliphatic heterocycles. The Hall–Kier alpha value is -2.62. The molecule has 0 atom stereocenters. The predicted molar refractivity (Wildman–Crippen MR) is 97.4 cm³/mol. The molecule has 0 saturated carbocycles. The van der Waals surface area contributed by atoms with Crippen LogP contribution in [-0.4, -0.2) is 35.3 Å². The third kappa shape index (κ3) is 7.25. The van der Waals surface area contributed by atoms with Gasteiger partial charge in [0.25, 0.3) is 0 Å². The zero-order valence-electron chi connectivity index (χ0n) is 15.3. The standard InChI is InChI=1S/C19H20N2O5.Li/c1-2-26-19(25)21-20-17(12-16(22)9-10-18(23)24)15-8-7-13-5-3-4-6-14(13)11-15;/h3-8,11H,2,9-10,12H2,1H3,(H2,21,23,24,25);/q;+1/p-1/b20-17+;. The molecule has 7 nitrogen and oxygen atoms in total. The van der Waals surface area contributed by atoms with Crippen molar-refractivity contribution < 1.29 is 43.1 Å². The summed E-state index contributed by atoms with van der Waals surface area (Å²) in [4.78, 5) is 34.1. The van der Waals surface area contributed by atoms with Gasteiger partial charge in [-0.25, -0.2) is 0 Å². The van der Waals surface area contributed by atoms with Crippen molar-refractivity contribution in [2.75, 3.05) is 6.61 Å². The van der Waals surface area contributed by atoms with Gasteiger partial charge in [-0.05, 0) is 29.3 Å². The maximum Gasteiger partial charge on any atom is 1.00 e. The second-order valence-electron chi connectivity index (χ2n) is 5.52. The average molecular weight is 362 g/mol. The first-order chi connectivity index (χ1) is 12.5. The molecule has 0 unspecified atom stereocenters. The number of ketones is 1. The van der Waals surface area contributed by atoms with Crippen LogP contribution in [0.1, 0.15) is 31.7 Å². The Kier molecular flexibility index (Phi) is 9.27. The molecule has 1 amide bonds. The normalized spacial score (nSPS) is 10.8. The number of carbonyl (C=O) groups excluding carboxylic acids is 2. The fourth-order valence-electron chi connectivity index (χ4n) is 2.34. The van der Waals surface area contributed by atoms with Gasteiger partial charge in [-0.1, -0.05) is 36.4 Å². The third-order valence-electron chi connectivity index (χ3n) is 3.59. The van der Waals surface area contributed by atoms with Crippen molar-refractivity contribution in [3.8, 4) is 0 Å². The molecular weight excluding hydrogens is 343 g/mol. The Morgan fingerprint density at radius 2 is 1.78 bits per heavy atom. The molecule has 2 rings (SSSR count). The average Bonchev–Trinajstić information content (AvgIpc) is 2.63. The largest absolute Gasteiger partial charge is 1.00 e. The van der Waals surface area contributed by atoms with Gasteiger partial charge in [-0.15, -0.1) is 0 Å². The van der Waals surface area contributed by atoms with Crippen molar-refractivity contribution in [1.29, 1.82) is 0 Å². The number of fused-ring (bicyclic) bond motifs is 1. The van der Waals surface area contributed by atoms with E-state index in [2.05, 4.69) is 10.5 Å². The van der Waals surface area contributed by atoms with E-state index < -0.39 is 12.1 Å². The maximum absolute atomic E-state index is 12.1. The van der Waals surface area contributed by atoms with Crippen molar-refractivity contribution in [2.45, 2.75) is 26.2 Å². The molecule has 1 N–H and O–H groups in total. The summed E-state index contributed by atoms with van der Waals surface area (Å²) in [5.74, 6) is -1.34. The van der Waals surface area contributed by atoms with Gasteiger partial charge in [0, 0.05) is 18.6 Å². The Morgan fingerprint density at radius 1 is 1.07 bits per heavy atom. The van der Waals surface area contributed by atoms with Crippen molar-refractivity contribution in [3.05, 3.63) is 53.5 Å². The molecule has 2 aromatic carbocycles. The summed E-state index contributed by atoms with van der Waals surface area (Å²) in [6.45, 7) is 1.82. The van der Waals surface area contributed by atoms with E-state index >= 15 is 0 Å². The molecule has 0 saturated heterocycles. The van der Waals surface area contributed by atoms with Gasteiger partial charge in [0.1, 0.15) is 5.78 Å². The van der Waals surface area contributed by atoms with E-state index in [1.54, 1.807) is 13.0 Å². The topological polar surface area (TPSA) is 107 Å². The van der Waals surface area contributed by atoms with Gasteiger partial charge in [-0.2, -0.15) is 0 Å². The molecule has 0 fully saturated rings. The Morgan fingerprint density at radius 3 is 2.44 bits per heavy atom. The van der Waals surface area contributed by atoms with Gasteiger partial charge in [0.15, 0.2) is 0 Å². The third-order valence-corrected chi connectivity index (χ3v) is 3.59. The Balaban J connectivity index is 0.00000364. The second-order valence-corrected chi connectivity index (χ2v) is 5.52. The fraction of sp³-hybridized carbons (Fsp3) is 0.263. The molecular formula is C19H19LiN2O5. The van der Waals surface area contributed by atoms with Crippen LogP contribution in [0.25, 0.3) is 16.2 Å². The molecule has 0 heterocycles. The predicted octanol–water partition coefficient (Wildman–Crippen LogP) is 0.902. The second kappa shape index (κ2) is 11.2. The van der Waals surface area contributed by atoms with Crippen LogP contribution in [-0.2, 0) is 14.3 Å². The van der Waals surface area contributed by atoms with Gasteiger partial charge >= 0.3 is 24.8 Å². The van der Waals surface area contributed by atoms with E-state index in [1.165, 1.54) is 0 Å². The number of ether oxygens (including phenoxy) is 1. The molecule has 0 spiro atoms. The molecule has 0 bridgehead atoms. The number of carboxylic acid groups (broad SMARTS) is 1. The summed E-state index contributed by atoms with van der Waals surface area (Å²) in [7, 11) is 0. The van der Waals surface area contributed by atoms with Crippen LogP contribution in [0.15, 0.2) is 47.6 Å². The van der Waals surface area contributed by atoms with Crippen molar-refractivity contribution in [1.82, 2.24) is 0 Å². The quantitative estimate of drug-likeness (QED) is 0.427. The van der Waals surface area contributed by atoms with E-state index in [1.807, 2.05) is 36.4 Å². The van der Waals surface area contributed by atoms with Gasteiger partial charge in [-0.3, -0.25) is 14.4 Å². The maximum atomic E-state index is 12.1. The number of hydrogen-bond acceptors (Lipinski definition) is 5. The van der Waals surface area contributed by atoms with Crippen LogP contribution in [0.3, 0.4) is 0 Å². The molecule has 0 aliphatic carbocycles. The minimum Gasteiger partial charge on any atom is -0.508 e. The van der Waals surface area contributed by atoms with Crippen molar-refractivity contribution in [2.24, 2.45) is 5.10 Å². The smallest absolute Gasteiger partial charge is 0.508 e. The number of hydrogen-bond donors (Lipinski definition) is 1. The van der Waals surface area contributed by atoms with Gasteiger partial charge in [0.2, 0.25) is 6.09 Å². The number of carboxylic acids is 1. The first-order valence-corrected chi connectivity index (χ1v) is 8.16. The van der Waals surface area contributed by atoms with Crippen LogP contribution >= 0.6 is 0 Å². The van der Waals surface area contributed by atoms with E-state index in [0.717, 1.165) is 10.8 Å². The summed E-state index contributed by atoms with van der Waals surface area (Å²) in [6, 6.07) is 13.2. The molecule has 0 aromatic heterocycles. The van der Waals surface area contributed by atoms with Crippen LogP contribution in [0, 0.1) is 0 Å².